The summed E-state index contributed by atoms with van der Waals surface area (Å²) in [5, 5.41) is 12.0. The van der Waals surface area contributed by atoms with Gasteiger partial charge in [0.15, 0.2) is 0 Å². The zero-order chi connectivity index (χ0) is 19.2. The molecule has 0 aliphatic heterocycles. The Morgan fingerprint density at radius 1 is 1.00 bits per heavy atom. The van der Waals surface area contributed by atoms with E-state index in [1.54, 1.807) is 36.6 Å². The van der Waals surface area contributed by atoms with Crippen LogP contribution in [0.2, 0.25) is 0 Å². The Balaban J connectivity index is 1.71. The van der Waals surface area contributed by atoms with Gasteiger partial charge in [0.2, 0.25) is 0 Å². The third-order valence-electron chi connectivity index (χ3n) is 4.28. The number of carboxylic acids is 1. The first-order chi connectivity index (χ1) is 13.1. The molecule has 0 aliphatic carbocycles. The van der Waals surface area contributed by atoms with Crippen molar-refractivity contribution in [1.82, 2.24) is 5.32 Å². The average Bonchev–Trinajstić information content (AvgIpc) is 3.20. The van der Waals surface area contributed by atoms with Crippen molar-refractivity contribution in [3.8, 4) is 0 Å². The molecule has 0 fully saturated rings. The molecular formula is C21H18FNO4. The molecule has 0 aliphatic rings. The van der Waals surface area contributed by atoms with E-state index >= 15 is 0 Å². The molecule has 5 nitrogen and oxygen atoms in total. The molecule has 0 spiro atoms. The molecule has 0 saturated carbocycles. The van der Waals surface area contributed by atoms with Crippen molar-refractivity contribution in [2.75, 3.05) is 6.54 Å². The minimum absolute atomic E-state index is 0.0453. The van der Waals surface area contributed by atoms with Gasteiger partial charge in [0.1, 0.15) is 11.6 Å². The summed E-state index contributed by atoms with van der Waals surface area (Å²) in [5.74, 6) is -1.38. The standard InChI is InChI=1S/C21H18FNO4/c22-15-9-7-14(8-10-15)16(19-6-3-13-27-19)11-12-23-20(24)17-4-1-2-5-18(17)21(25)26/h1-10,13,16H,11-12H2,(H,23,24)(H,25,26). The van der Waals surface area contributed by atoms with Gasteiger partial charge < -0.3 is 14.8 Å². The fraction of sp³-hybridized carbons (Fsp3) is 0.143. The van der Waals surface area contributed by atoms with E-state index in [-0.39, 0.29) is 22.9 Å². The molecule has 1 amide bonds. The zero-order valence-electron chi connectivity index (χ0n) is 14.4. The molecule has 27 heavy (non-hydrogen) atoms. The summed E-state index contributed by atoms with van der Waals surface area (Å²) < 4.78 is 18.7. The number of hydrogen-bond acceptors (Lipinski definition) is 3. The number of aromatic carboxylic acids is 1. The maximum atomic E-state index is 13.2. The van der Waals surface area contributed by atoms with Gasteiger partial charge in [-0.15, -0.1) is 0 Å². The molecule has 1 aromatic heterocycles. The van der Waals surface area contributed by atoms with Crippen molar-refractivity contribution >= 4 is 11.9 Å². The molecular weight excluding hydrogens is 349 g/mol. The Hall–Kier alpha value is -3.41. The van der Waals surface area contributed by atoms with Crippen LogP contribution in [0.3, 0.4) is 0 Å². The molecule has 2 aromatic carbocycles. The van der Waals surface area contributed by atoms with Gasteiger partial charge >= 0.3 is 5.97 Å². The van der Waals surface area contributed by atoms with Crippen LogP contribution in [0.15, 0.2) is 71.3 Å². The Morgan fingerprint density at radius 3 is 2.33 bits per heavy atom. The van der Waals surface area contributed by atoms with Gasteiger partial charge in [-0.05, 0) is 48.4 Å². The van der Waals surface area contributed by atoms with E-state index in [1.165, 1.54) is 24.3 Å². The lowest BCUT2D eigenvalue weighted by Crippen LogP contribution is -2.27. The number of benzene rings is 2. The second-order valence-electron chi connectivity index (χ2n) is 6.01. The Labute approximate surface area is 155 Å². The number of amides is 1. The number of furan rings is 1. The van der Waals surface area contributed by atoms with Crippen LogP contribution < -0.4 is 5.32 Å². The lowest BCUT2D eigenvalue weighted by molar-refractivity contribution is 0.0691. The minimum atomic E-state index is -1.15. The molecule has 1 atom stereocenters. The number of carbonyl (C=O) groups is 2. The molecule has 1 unspecified atom stereocenters. The van der Waals surface area contributed by atoms with Gasteiger partial charge in [-0.25, -0.2) is 9.18 Å². The normalized spacial score (nSPS) is 11.7. The van der Waals surface area contributed by atoms with Crippen LogP contribution in [-0.2, 0) is 0 Å². The van der Waals surface area contributed by atoms with E-state index in [2.05, 4.69) is 5.32 Å². The monoisotopic (exact) mass is 367 g/mol. The second-order valence-corrected chi connectivity index (χ2v) is 6.01. The van der Waals surface area contributed by atoms with Crippen molar-refractivity contribution in [2.24, 2.45) is 0 Å². The minimum Gasteiger partial charge on any atom is -0.478 e. The first-order valence-electron chi connectivity index (χ1n) is 8.45. The molecule has 2 N–H and O–H groups in total. The summed E-state index contributed by atoms with van der Waals surface area (Å²) in [5.41, 5.74) is 0.934. The van der Waals surface area contributed by atoms with Crippen molar-refractivity contribution in [3.05, 3.63) is 95.2 Å². The number of carboxylic acid groups (broad SMARTS) is 1. The highest BCUT2D eigenvalue weighted by Crippen LogP contribution is 2.28. The van der Waals surface area contributed by atoms with Gasteiger partial charge in [0.25, 0.3) is 5.91 Å². The number of nitrogens with one attached hydrogen (secondary N) is 1. The highest BCUT2D eigenvalue weighted by atomic mass is 19.1. The SMILES string of the molecule is O=C(O)c1ccccc1C(=O)NCCC(c1ccc(F)cc1)c1ccco1. The molecule has 0 saturated heterocycles. The summed E-state index contributed by atoms with van der Waals surface area (Å²) in [4.78, 5) is 23.6. The van der Waals surface area contributed by atoms with Crippen LogP contribution in [0.1, 0.15) is 44.4 Å². The summed E-state index contributed by atoms with van der Waals surface area (Å²) in [7, 11) is 0. The fourth-order valence-corrected chi connectivity index (χ4v) is 2.95. The van der Waals surface area contributed by atoms with Crippen molar-refractivity contribution in [1.29, 1.82) is 0 Å². The van der Waals surface area contributed by atoms with Crippen LogP contribution in [0.25, 0.3) is 0 Å². The first-order valence-corrected chi connectivity index (χ1v) is 8.45. The quantitative estimate of drug-likeness (QED) is 0.660. The van der Waals surface area contributed by atoms with Crippen molar-refractivity contribution in [3.63, 3.8) is 0 Å². The van der Waals surface area contributed by atoms with Gasteiger partial charge in [0, 0.05) is 12.5 Å². The predicted molar refractivity (Wildman–Crippen MR) is 97.3 cm³/mol. The first kappa shape index (κ1) is 18.4. The summed E-state index contributed by atoms with van der Waals surface area (Å²) in [6.07, 6.45) is 2.08. The Kier molecular flexibility index (Phi) is 5.66. The van der Waals surface area contributed by atoms with Crippen molar-refractivity contribution in [2.45, 2.75) is 12.3 Å². The highest BCUT2D eigenvalue weighted by molar-refractivity contribution is 6.04. The molecule has 1 heterocycles. The predicted octanol–water partition coefficient (Wildman–Crippen LogP) is 4.07. The van der Waals surface area contributed by atoms with Crippen molar-refractivity contribution < 1.29 is 23.5 Å². The molecule has 138 valence electrons. The van der Waals surface area contributed by atoms with Gasteiger partial charge in [-0.1, -0.05) is 24.3 Å². The third-order valence-corrected chi connectivity index (χ3v) is 4.28. The van der Waals surface area contributed by atoms with Crippen LogP contribution in [0.5, 0.6) is 0 Å². The topological polar surface area (TPSA) is 79.5 Å². The summed E-state index contributed by atoms with van der Waals surface area (Å²) in [6.45, 7) is 0.301. The summed E-state index contributed by atoms with van der Waals surface area (Å²) >= 11 is 0. The highest BCUT2D eigenvalue weighted by Gasteiger charge is 2.19. The van der Waals surface area contributed by atoms with Crippen LogP contribution in [0, 0.1) is 5.82 Å². The maximum Gasteiger partial charge on any atom is 0.336 e. The van der Waals surface area contributed by atoms with Gasteiger partial charge in [-0.3, -0.25) is 4.79 Å². The smallest absolute Gasteiger partial charge is 0.336 e. The largest absolute Gasteiger partial charge is 0.478 e. The lowest BCUT2D eigenvalue weighted by Gasteiger charge is -2.16. The molecule has 3 aromatic rings. The molecule has 6 heteroatoms. The van der Waals surface area contributed by atoms with E-state index in [9.17, 15) is 19.1 Å². The molecule has 0 bridgehead atoms. The summed E-state index contributed by atoms with van der Waals surface area (Å²) in [6, 6.07) is 15.8. The molecule has 3 rings (SSSR count). The van der Waals surface area contributed by atoms with Gasteiger partial charge in [0.05, 0.1) is 17.4 Å². The fourth-order valence-electron chi connectivity index (χ4n) is 2.95. The zero-order valence-corrected chi connectivity index (χ0v) is 14.4. The Morgan fingerprint density at radius 2 is 1.70 bits per heavy atom. The second kappa shape index (κ2) is 8.31. The van der Waals surface area contributed by atoms with E-state index in [0.717, 1.165) is 5.56 Å². The van der Waals surface area contributed by atoms with Crippen LogP contribution in [-0.4, -0.2) is 23.5 Å². The third kappa shape index (κ3) is 4.41. The number of hydrogen-bond donors (Lipinski definition) is 2. The van der Waals surface area contributed by atoms with E-state index < -0.39 is 11.9 Å². The number of carbonyl (C=O) groups excluding carboxylic acids is 1. The van der Waals surface area contributed by atoms with Crippen LogP contribution >= 0.6 is 0 Å². The lowest BCUT2D eigenvalue weighted by atomic mass is 9.93. The molecule has 0 radical (unpaired) electrons. The number of halogens is 1. The van der Waals surface area contributed by atoms with E-state index in [1.807, 2.05) is 6.07 Å². The number of rotatable bonds is 7. The maximum absolute atomic E-state index is 13.2. The van der Waals surface area contributed by atoms with E-state index in [4.69, 9.17) is 4.42 Å². The van der Waals surface area contributed by atoms with E-state index in [0.29, 0.717) is 18.7 Å². The van der Waals surface area contributed by atoms with Gasteiger partial charge in [-0.2, -0.15) is 0 Å². The average molecular weight is 367 g/mol. The van der Waals surface area contributed by atoms with Crippen LogP contribution in [0.4, 0.5) is 4.39 Å². The Bertz CT molecular complexity index is 920.